The van der Waals surface area contributed by atoms with Crippen LogP contribution in [0.3, 0.4) is 0 Å². The molecular formula is C14H13ClN4O4. The number of nitrogens with zero attached hydrogens (tertiary/aromatic N) is 3. The van der Waals surface area contributed by atoms with Crippen LogP contribution >= 0.6 is 11.6 Å². The Bertz CT molecular complexity index is 790. The number of nitrogens with one attached hydrogen (secondary N) is 1. The number of rotatable bonds is 6. The van der Waals surface area contributed by atoms with Gasteiger partial charge in [0.25, 0.3) is 17.2 Å². The fourth-order valence-electron chi connectivity index (χ4n) is 1.93. The molecule has 1 aromatic heterocycles. The molecule has 0 bridgehead atoms. The molecule has 1 heterocycles. The Morgan fingerprint density at radius 3 is 2.87 bits per heavy atom. The van der Waals surface area contributed by atoms with Crippen molar-refractivity contribution >= 4 is 23.2 Å². The Hall–Kier alpha value is -2.74. The van der Waals surface area contributed by atoms with Crippen molar-refractivity contribution in [1.82, 2.24) is 15.1 Å². The molecule has 0 unspecified atom stereocenters. The second kappa shape index (κ2) is 7.50. The van der Waals surface area contributed by atoms with Crippen molar-refractivity contribution in [2.24, 2.45) is 0 Å². The summed E-state index contributed by atoms with van der Waals surface area (Å²) in [4.78, 5) is 33.8. The van der Waals surface area contributed by atoms with Crippen LogP contribution in [0.15, 0.2) is 41.3 Å². The normalized spacial score (nSPS) is 10.3. The minimum Gasteiger partial charge on any atom is -0.352 e. The van der Waals surface area contributed by atoms with Crippen LogP contribution in [0.2, 0.25) is 5.02 Å². The molecule has 23 heavy (non-hydrogen) atoms. The number of hydrogen-bond acceptors (Lipinski definition) is 5. The molecule has 0 aliphatic rings. The quantitative estimate of drug-likeness (QED) is 0.490. The largest absolute Gasteiger partial charge is 0.352 e. The fraction of sp³-hybridized carbons (Fsp3) is 0.214. The number of aromatic nitrogens is 2. The first-order valence-corrected chi connectivity index (χ1v) is 7.11. The molecule has 0 aliphatic heterocycles. The summed E-state index contributed by atoms with van der Waals surface area (Å²) in [7, 11) is 0. The van der Waals surface area contributed by atoms with Gasteiger partial charge >= 0.3 is 0 Å². The molecule has 0 aliphatic carbocycles. The van der Waals surface area contributed by atoms with E-state index in [-0.39, 0.29) is 28.4 Å². The maximum absolute atomic E-state index is 12.0. The molecule has 1 amide bonds. The molecule has 8 nitrogen and oxygen atoms in total. The summed E-state index contributed by atoms with van der Waals surface area (Å²) >= 11 is 5.78. The molecule has 0 radical (unpaired) electrons. The van der Waals surface area contributed by atoms with Gasteiger partial charge < -0.3 is 5.32 Å². The number of nitro groups is 1. The van der Waals surface area contributed by atoms with Crippen molar-refractivity contribution in [3.63, 3.8) is 0 Å². The lowest BCUT2D eigenvalue weighted by molar-refractivity contribution is -0.385. The standard InChI is InChI=1S/C14H13ClN4O4/c15-10-4-5-12(19(22)23)11(9-10)14(21)16-6-2-8-18-13(20)3-1-7-17-18/h1,3-5,7,9H,2,6,8H2,(H,16,21). The Labute approximate surface area is 135 Å². The van der Waals surface area contributed by atoms with Gasteiger partial charge in [-0.05, 0) is 24.6 Å². The third kappa shape index (κ3) is 4.36. The van der Waals surface area contributed by atoms with Crippen LogP contribution in [0, 0.1) is 10.1 Å². The van der Waals surface area contributed by atoms with Crippen molar-refractivity contribution < 1.29 is 9.72 Å². The lowest BCUT2D eigenvalue weighted by Crippen LogP contribution is -2.28. The Morgan fingerprint density at radius 1 is 1.39 bits per heavy atom. The van der Waals surface area contributed by atoms with E-state index in [4.69, 9.17) is 11.6 Å². The van der Waals surface area contributed by atoms with Crippen LogP contribution in [0.5, 0.6) is 0 Å². The fourth-order valence-corrected chi connectivity index (χ4v) is 2.10. The molecule has 2 aromatic rings. The van der Waals surface area contributed by atoms with Gasteiger partial charge in [-0.15, -0.1) is 0 Å². The van der Waals surface area contributed by atoms with E-state index in [1.807, 2.05) is 0 Å². The highest BCUT2D eigenvalue weighted by Crippen LogP contribution is 2.22. The van der Waals surface area contributed by atoms with E-state index in [0.717, 1.165) is 0 Å². The number of hydrogen-bond donors (Lipinski definition) is 1. The molecule has 0 fully saturated rings. The molecule has 9 heteroatoms. The summed E-state index contributed by atoms with van der Waals surface area (Å²) in [5, 5.41) is 17.6. The van der Waals surface area contributed by atoms with Gasteiger partial charge in [0.1, 0.15) is 5.56 Å². The van der Waals surface area contributed by atoms with Gasteiger partial charge in [0.2, 0.25) is 0 Å². The van der Waals surface area contributed by atoms with E-state index < -0.39 is 10.8 Å². The monoisotopic (exact) mass is 336 g/mol. The first kappa shape index (κ1) is 16.6. The highest BCUT2D eigenvalue weighted by atomic mass is 35.5. The van der Waals surface area contributed by atoms with Crippen molar-refractivity contribution in [1.29, 1.82) is 0 Å². The molecule has 2 rings (SSSR count). The summed E-state index contributed by atoms with van der Waals surface area (Å²) in [6, 6.07) is 6.71. The van der Waals surface area contributed by atoms with E-state index in [1.54, 1.807) is 6.07 Å². The summed E-state index contributed by atoms with van der Waals surface area (Å²) in [5.74, 6) is -0.590. The number of benzene rings is 1. The first-order chi connectivity index (χ1) is 11.0. The highest BCUT2D eigenvalue weighted by molar-refractivity contribution is 6.31. The summed E-state index contributed by atoms with van der Waals surface area (Å²) in [6.07, 6.45) is 1.95. The molecule has 1 aromatic carbocycles. The topological polar surface area (TPSA) is 107 Å². The zero-order valence-corrected chi connectivity index (χ0v) is 12.7. The molecule has 0 spiro atoms. The van der Waals surface area contributed by atoms with Crippen molar-refractivity contribution in [2.75, 3.05) is 6.54 Å². The van der Waals surface area contributed by atoms with Gasteiger partial charge in [-0.25, -0.2) is 4.68 Å². The average Bonchev–Trinajstić information content (AvgIpc) is 2.52. The number of amides is 1. The molecule has 0 saturated heterocycles. The van der Waals surface area contributed by atoms with E-state index in [1.165, 1.54) is 35.1 Å². The van der Waals surface area contributed by atoms with Crippen molar-refractivity contribution in [3.05, 3.63) is 67.6 Å². The second-order valence-electron chi connectivity index (χ2n) is 4.61. The number of carbonyl (C=O) groups excluding carboxylic acids is 1. The number of carbonyl (C=O) groups is 1. The third-order valence-corrected chi connectivity index (χ3v) is 3.25. The van der Waals surface area contributed by atoms with Crippen LogP contribution in [-0.4, -0.2) is 27.2 Å². The average molecular weight is 337 g/mol. The Balaban J connectivity index is 1.95. The van der Waals surface area contributed by atoms with Gasteiger partial charge in [-0.2, -0.15) is 5.10 Å². The second-order valence-corrected chi connectivity index (χ2v) is 5.05. The van der Waals surface area contributed by atoms with Gasteiger partial charge in [-0.3, -0.25) is 19.7 Å². The van der Waals surface area contributed by atoms with Crippen LogP contribution in [0.25, 0.3) is 0 Å². The van der Waals surface area contributed by atoms with Gasteiger partial charge in [0, 0.05) is 36.4 Å². The van der Waals surface area contributed by atoms with E-state index in [2.05, 4.69) is 10.4 Å². The minimum atomic E-state index is -0.640. The summed E-state index contributed by atoms with van der Waals surface area (Å²) in [6.45, 7) is 0.573. The predicted molar refractivity (Wildman–Crippen MR) is 83.6 cm³/mol. The van der Waals surface area contributed by atoms with Gasteiger partial charge in [0.05, 0.1) is 4.92 Å². The smallest absolute Gasteiger partial charge is 0.282 e. The van der Waals surface area contributed by atoms with Crippen LogP contribution in [-0.2, 0) is 6.54 Å². The van der Waals surface area contributed by atoms with Crippen LogP contribution in [0.4, 0.5) is 5.69 Å². The van der Waals surface area contributed by atoms with Gasteiger partial charge in [0.15, 0.2) is 0 Å². The maximum atomic E-state index is 12.0. The number of halogens is 1. The predicted octanol–water partition coefficient (Wildman–Crippen LogP) is 1.62. The molecule has 0 atom stereocenters. The van der Waals surface area contributed by atoms with E-state index >= 15 is 0 Å². The van der Waals surface area contributed by atoms with Crippen molar-refractivity contribution in [2.45, 2.75) is 13.0 Å². The first-order valence-electron chi connectivity index (χ1n) is 6.73. The lowest BCUT2D eigenvalue weighted by Gasteiger charge is -2.07. The number of aryl methyl sites for hydroxylation is 1. The maximum Gasteiger partial charge on any atom is 0.282 e. The molecule has 1 N–H and O–H groups in total. The highest BCUT2D eigenvalue weighted by Gasteiger charge is 2.20. The van der Waals surface area contributed by atoms with Crippen LogP contribution in [0.1, 0.15) is 16.8 Å². The Kier molecular flexibility index (Phi) is 5.42. The van der Waals surface area contributed by atoms with Crippen molar-refractivity contribution in [3.8, 4) is 0 Å². The summed E-state index contributed by atoms with van der Waals surface area (Å²) < 4.78 is 1.27. The third-order valence-electron chi connectivity index (χ3n) is 3.02. The van der Waals surface area contributed by atoms with Gasteiger partial charge in [-0.1, -0.05) is 11.6 Å². The zero-order chi connectivity index (χ0) is 16.8. The number of nitro benzene ring substituents is 1. The van der Waals surface area contributed by atoms with Crippen LogP contribution < -0.4 is 10.9 Å². The lowest BCUT2D eigenvalue weighted by atomic mass is 10.1. The Morgan fingerprint density at radius 2 is 2.17 bits per heavy atom. The summed E-state index contributed by atoms with van der Waals surface area (Å²) in [5.41, 5.74) is -0.644. The minimum absolute atomic E-state index is 0.0995. The molecule has 0 saturated carbocycles. The van der Waals surface area contributed by atoms with E-state index in [9.17, 15) is 19.7 Å². The zero-order valence-electron chi connectivity index (χ0n) is 11.9. The molecular weight excluding hydrogens is 324 g/mol. The SMILES string of the molecule is O=C(NCCCn1ncccc1=O)c1cc(Cl)ccc1[N+](=O)[O-]. The molecule has 120 valence electrons. The van der Waals surface area contributed by atoms with E-state index in [0.29, 0.717) is 13.0 Å².